The van der Waals surface area contributed by atoms with Gasteiger partial charge in [0.25, 0.3) is 0 Å². The van der Waals surface area contributed by atoms with Crippen molar-refractivity contribution in [3.63, 3.8) is 0 Å². The lowest BCUT2D eigenvalue weighted by Gasteiger charge is -2.12. The van der Waals surface area contributed by atoms with Gasteiger partial charge in [-0.2, -0.15) is 0 Å². The van der Waals surface area contributed by atoms with Crippen molar-refractivity contribution in [1.82, 2.24) is 0 Å². The van der Waals surface area contributed by atoms with Crippen LogP contribution in [0.4, 0.5) is 13.2 Å². The van der Waals surface area contributed by atoms with E-state index in [1.165, 1.54) is 12.1 Å². The first-order valence-corrected chi connectivity index (χ1v) is 6.77. The molecular weight excluding hydrogens is 331 g/mol. The molecule has 0 aliphatic rings. The summed E-state index contributed by atoms with van der Waals surface area (Å²) in [6.45, 7) is 1.02. The molecule has 0 fully saturated rings. The van der Waals surface area contributed by atoms with Crippen LogP contribution in [0.5, 0.6) is 11.5 Å². The molecule has 2 N–H and O–H groups in total. The fraction of sp³-hybridized carbons (Fsp3) is 0.250. The maximum atomic E-state index is 12.1. The van der Waals surface area contributed by atoms with Gasteiger partial charge in [-0.05, 0) is 36.7 Å². The van der Waals surface area contributed by atoms with Crippen LogP contribution in [-0.4, -0.2) is 19.5 Å². The normalized spacial score (nSPS) is 10.8. The minimum absolute atomic E-state index is 0. The highest BCUT2D eigenvalue weighted by molar-refractivity contribution is 5.85. The minimum atomic E-state index is -4.69. The lowest BCUT2D eigenvalue weighted by atomic mass is 10.0. The lowest BCUT2D eigenvalue weighted by molar-refractivity contribution is -0.274. The predicted octanol–water partition coefficient (Wildman–Crippen LogP) is 4.40. The third kappa shape index (κ3) is 6.00. The highest BCUT2D eigenvalue weighted by atomic mass is 35.5. The first-order valence-electron chi connectivity index (χ1n) is 6.77. The summed E-state index contributed by atoms with van der Waals surface area (Å²) in [7, 11) is 0. The number of para-hydroxylation sites is 1. The van der Waals surface area contributed by atoms with Crippen LogP contribution < -0.4 is 15.2 Å². The van der Waals surface area contributed by atoms with Crippen LogP contribution in [0.1, 0.15) is 6.42 Å². The third-order valence-corrected chi connectivity index (χ3v) is 2.89. The maximum Gasteiger partial charge on any atom is 0.573 e. The highest BCUT2D eigenvalue weighted by Gasteiger charge is 2.30. The van der Waals surface area contributed by atoms with E-state index in [0.717, 1.165) is 17.5 Å². The fourth-order valence-corrected chi connectivity index (χ4v) is 1.93. The van der Waals surface area contributed by atoms with Crippen LogP contribution >= 0.6 is 12.4 Å². The molecular formula is C16H17ClF3NO2. The maximum absolute atomic E-state index is 12.1. The molecule has 23 heavy (non-hydrogen) atoms. The average Bonchev–Trinajstić information content (AvgIpc) is 2.47. The number of hydrogen-bond acceptors (Lipinski definition) is 3. The van der Waals surface area contributed by atoms with Crippen LogP contribution in [0.25, 0.3) is 11.1 Å². The highest BCUT2D eigenvalue weighted by Crippen LogP contribution is 2.32. The summed E-state index contributed by atoms with van der Waals surface area (Å²) < 4.78 is 46.0. The van der Waals surface area contributed by atoms with Gasteiger partial charge in [-0.15, -0.1) is 25.6 Å². The molecule has 0 aromatic heterocycles. The summed E-state index contributed by atoms with van der Waals surface area (Å²) in [4.78, 5) is 0. The van der Waals surface area contributed by atoms with Crippen molar-refractivity contribution < 1.29 is 22.6 Å². The van der Waals surface area contributed by atoms with Gasteiger partial charge in [0, 0.05) is 5.56 Å². The summed E-state index contributed by atoms with van der Waals surface area (Å²) in [6, 6.07) is 13.0. The second-order valence-corrected chi connectivity index (χ2v) is 4.56. The molecule has 2 rings (SSSR count). The molecule has 2 aromatic rings. The molecule has 126 valence electrons. The van der Waals surface area contributed by atoms with Gasteiger partial charge in [0.2, 0.25) is 0 Å². The molecule has 0 unspecified atom stereocenters. The zero-order valence-electron chi connectivity index (χ0n) is 12.2. The van der Waals surface area contributed by atoms with E-state index in [4.69, 9.17) is 10.5 Å². The van der Waals surface area contributed by atoms with E-state index >= 15 is 0 Å². The quantitative estimate of drug-likeness (QED) is 0.788. The Morgan fingerprint density at radius 2 is 1.61 bits per heavy atom. The van der Waals surface area contributed by atoms with Crippen molar-refractivity contribution in [2.24, 2.45) is 5.73 Å². The molecule has 3 nitrogen and oxygen atoms in total. The molecule has 0 bridgehead atoms. The van der Waals surface area contributed by atoms with Gasteiger partial charge in [-0.1, -0.05) is 30.3 Å². The van der Waals surface area contributed by atoms with E-state index in [1.54, 1.807) is 12.1 Å². The largest absolute Gasteiger partial charge is 0.573 e. The van der Waals surface area contributed by atoms with Crippen LogP contribution in [-0.2, 0) is 0 Å². The number of halogens is 4. The van der Waals surface area contributed by atoms with E-state index in [2.05, 4.69) is 4.74 Å². The molecule has 7 heteroatoms. The molecule has 0 aliphatic carbocycles. The number of hydrogen-bond donors (Lipinski definition) is 1. The average molecular weight is 348 g/mol. The van der Waals surface area contributed by atoms with Crippen LogP contribution in [0, 0.1) is 0 Å². The van der Waals surface area contributed by atoms with Crippen molar-refractivity contribution in [1.29, 1.82) is 0 Å². The van der Waals surface area contributed by atoms with Gasteiger partial charge in [0.15, 0.2) is 0 Å². The van der Waals surface area contributed by atoms with Gasteiger partial charge in [-0.25, -0.2) is 0 Å². The first-order chi connectivity index (χ1) is 10.5. The first kappa shape index (κ1) is 19.1. The Morgan fingerprint density at radius 3 is 2.22 bits per heavy atom. The standard InChI is InChI=1S/C16H16F3NO2.ClH/c17-16(18,19)22-13-8-6-12(7-9-13)14-4-1-2-5-15(14)21-11-3-10-20;/h1-2,4-9H,3,10-11,20H2;1H. The van der Waals surface area contributed by atoms with Crippen LogP contribution in [0.3, 0.4) is 0 Å². The molecule has 0 heterocycles. The summed E-state index contributed by atoms with van der Waals surface area (Å²) in [5, 5.41) is 0. The molecule has 0 saturated heterocycles. The summed E-state index contributed by atoms with van der Waals surface area (Å²) in [5.74, 6) is 0.415. The van der Waals surface area contributed by atoms with Crippen molar-refractivity contribution in [2.75, 3.05) is 13.2 Å². The number of nitrogens with two attached hydrogens (primary N) is 1. The topological polar surface area (TPSA) is 44.5 Å². The van der Waals surface area contributed by atoms with E-state index in [1.807, 2.05) is 24.3 Å². The molecule has 0 atom stereocenters. The smallest absolute Gasteiger partial charge is 0.493 e. The van der Waals surface area contributed by atoms with Crippen molar-refractivity contribution in [2.45, 2.75) is 12.8 Å². The number of benzene rings is 2. The van der Waals surface area contributed by atoms with Crippen molar-refractivity contribution in [3.8, 4) is 22.6 Å². The molecule has 0 amide bonds. The number of rotatable bonds is 6. The van der Waals surface area contributed by atoms with Crippen molar-refractivity contribution in [3.05, 3.63) is 48.5 Å². The SMILES string of the molecule is Cl.NCCCOc1ccccc1-c1ccc(OC(F)(F)F)cc1. The Morgan fingerprint density at radius 1 is 0.957 bits per heavy atom. The third-order valence-electron chi connectivity index (χ3n) is 2.89. The molecule has 0 spiro atoms. The lowest BCUT2D eigenvalue weighted by Crippen LogP contribution is -2.16. The number of ether oxygens (including phenoxy) is 2. The monoisotopic (exact) mass is 347 g/mol. The van der Waals surface area contributed by atoms with Crippen LogP contribution in [0.15, 0.2) is 48.5 Å². The summed E-state index contributed by atoms with van der Waals surface area (Å²) in [5.41, 5.74) is 6.97. The summed E-state index contributed by atoms with van der Waals surface area (Å²) in [6.07, 6.45) is -3.96. The Balaban J connectivity index is 0.00000264. The van der Waals surface area contributed by atoms with Gasteiger partial charge in [-0.3, -0.25) is 0 Å². The minimum Gasteiger partial charge on any atom is -0.493 e. The molecule has 0 aliphatic heterocycles. The summed E-state index contributed by atoms with van der Waals surface area (Å²) >= 11 is 0. The number of alkyl halides is 3. The second kappa shape index (κ2) is 8.64. The van der Waals surface area contributed by atoms with E-state index in [0.29, 0.717) is 18.9 Å². The predicted molar refractivity (Wildman–Crippen MR) is 85.0 cm³/mol. The molecule has 2 aromatic carbocycles. The van der Waals surface area contributed by atoms with Gasteiger partial charge in [0.05, 0.1) is 6.61 Å². The Labute approximate surface area is 138 Å². The van der Waals surface area contributed by atoms with E-state index in [9.17, 15) is 13.2 Å². The Hall–Kier alpha value is -1.92. The fourth-order valence-electron chi connectivity index (χ4n) is 1.93. The Kier molecular flexibility index (Phi) is 7.19. The zero-order valence-corrected chi connectivity index (χ0v) is 13.0. The molecule has 0 saturated carbocycles. The van der Waals surface area contributed by atoms with Crippen LogP contribution in [0.2, 0.25) is 0 Å². The van der Waals surface area contributed by atoms with Gasteiger partial charge < -0.3 is 15.2 Å². The van der Waals surface area contributed by atoms with E-state index < -0.39 is 6.36 Å². The van der Waals surface area contributed by atoms with Gasteiger partial charge >= 0.3 is 6.36 Å². The van der Waals surface area contributed by atoms with E-state index in [-0.39, 0.29) is 18.2 Å². The zero-order chi connectivity index (χ0) is 16.0. The molecule has 0 radical (unpaired) electrons. The Bertz CT molecular complexity index is 603. The second-order valence-electron chi connectivity index (χ2n) is 4.56. The van der Waals surface area contributed by atoms with Gasteiger partial charge in [0.1, 0.15) is 11.5 Å². The van der Waals surface area contributed by atoms with Crippen molar-refractivity contribution >= 4 is 12.4 Å².